The van der Waals surface area contributed by atoms with E-state index >= 15 is 0 Å². The Hall–Kier alpha value is -0.390. The van der Waals surface area contributed by atoms with Gasteiger partial charge in [0.05, 0.1) is 5.75 Å². The molecule has 3 nitrogen and oxygen atoms in total. The van der Waals surface area contributed by atoms with E-state index < -0.39 is 9.84 Å². The number of thiophene rings is 1. The molecule has 1 fully saturated rings. The van der Waals surface area contributed by atoms with Crippen molar-refractivity contribution in [2.24, 2.45) is 0 Å². The van der Waals surface area contributed by atoms with E-state index in [9.17, 15) is 8.42 Å². The number of sulfone groups is 1. The van der Waals surface area contributed by atoms with Gasteiger partial charge in [-0.2, -0.15) is 0 Å². The highest BCUT2D eigenvalue weighted by molar-refractivity contribution is 7.93. The van der Waals surface area contributed by atoms with Crippen LogP contribution in [-0.2, 0) is 9.84 Å². The average Bonchev–Trinajstić information content (AvgIpc) is 2.71. The molecule has 0 aliphatic carbocycles. The minimum atomic E-state index is -3.04. The van der Waals surface area contributed by atoms with Gasteiger partial charge in [0.15, 0.2) is 9.84 Å². The molecule has 5 heteroatoms. The lowest BCUT2D eigenvalue weighted by Crippen LogP contribution is -2.29. The highest BCUT2D eigenvalue weighted by Gasteiger charge is 2.23. The first kappa shape index (κ1) is 10.1. The third-order valence-electron chi connectivity index (χ3n) is 2.38. The first-order chi connectivity index (χ1) is 6.68. The predicted octanol–water partition coefficient (Wildman–Crippen LogP) is 1.27. The zero-order valence-electron chi connectivity index (χ0n) is 7.77. The zero-order valence-corrected chi connectivity index (χ0v) is 9.40. The Balaban J connectivity index is 2.09. The van der Waals surface area contributed by atoms with Gasteiger partial charge in [0.2, 0.25) is 0 Å². The quantitative estimate of drug-likeness (QED) is 0.852. The Morgan fingerprint density at radius 2 is 2.43 bits per heavy atom. The molecule has 1 aliphatic heterocycles. The second-order valence-corrected chi connectivity index (χ2v) is 6.72. The summed E-state index contributed by atoms with van der Waals surface area (Å²) in [7, 11) is -3.04. The van der Waals surface area contributed by atoms with Crippen LogP contribution in [-0.4, -0.2) is 26.8 Å². The molecular weight excluding hydrogens is 218 g/mol. The van der Waals surface area contributed by atoms with Crippen molar-refractivity contribution < 1.29 is 8.42 Å². The lowest BCUT2D eigenvalue weighted by atomic mass is 10.3. The van der Waals surface area contributed by atoms with Gasteiger partial charge in [0.1, 0.15) is 4.21 Å². The summed E-state index contributed by atoms with van der Waals surface area (Å²) < 4.78 is 24.1. The van der Waals surface area contributed by atoms with Crippen molar-refractivity contribution in [3.63, 3.8) is 0 Å². The maximum atomic E-state index is 11.8. The summed E-state index contributed by atoms with van der Waals surface area (Å²) in [6, 6.07) is 3.61. The van der Waals surface area contributed by atoms with Crippen molar-refractivity contribution in [1.29, 1.82) is 0 Å². The smallest absolute Gasteiger partial charge is 0.189 e. The van der Waals surface area contributed by atoms with Crippen molar-refractivity contribution in [1.82, 2.24) is 5.32 Å². The minimum Gasteiger partial charge on any atom is -0.313 e. The lowest BCUT2D eigenvalue weighted by molar-refractivity contribution is 0.579. The molecule has 0 saturated carbocycles. The first-order valence-corrected chi connectivity index (χ1v) is 7.21. The summed E-state index contributed by atoms with van der Waals surface area (Å²) in [5.74, 6) is 0.244. The van der Waals surface area contributed by atoms with Crippen molar-refractivity contribution in [2.75, 3.05) is 12.3 Å². The zero-order chi connectivity index (χ0) is 10.0. The molecule has 1 aliphatic rings. The molecule has 78 valence electrons. The monoisotopic (exact) mass is 231 g/mol. The molecule has 0 spiro atoms. The van der Waals surface area contributed by atoms with Crippen LogP contribution in [0, 0.1) is 0 Å². The fourth-order valence-corrected chi connectivity index (χ4v) is 4.36. The topological polar surface area (TPSA) is 46.2 Å². The number of nitrogens with one attached hydrogen (secondary N) is 1. The van der Waals surface area contributed by atoms with Crippen LogP contribution in [0.5, 0.6) is 0 Å². The predicted molar refractivity (Wildman–Crippen MR) is 57.4 cm³/mol. The number of hydrogen-bond acceptors (Lipinski definition) is 4. The molecule has 1 atom stereocenters. The van der Waals surface area contributed by atoms with Gasteiger partial charge in [-0.25, -0.2) is 8.42 Å². The van der Waals surface area contributed by atoms with Crippen molar-refractivity contribution in [3.8, 4) is 0 Å². The van der Waals surface area contributed by atoms with Gasteiger partial charge in [0, 0.05) is 6.04 Å². The molecule has 1 aromatic heterocycles. The van der Waals surface area contributed by atoms with E-state index in [1.807, 2.05) is 0 Å². The van der Waals surface area contributed by atoms with E-state index in [0.717, 1.165) is 19.4 Å². The van der Waals surface area contributed by atoms with Gasteiger partial charge in [-0.3, -0.25) is 0 Å². The van der Waals surface area contributed by atoms with Gasteiger partial charge in [-0.1, -0.05) is 6.07 Å². The fourth-order valence-electron chi connectivity index (χ4n) is 1.69. The molecule has 1 saturated heterocycles. The highest BCUT2D eigenvalue weighted by atomic mass is 32.2. The van der Waals surface area contributed by atoms with Crippen LogP contribution in [0.3, 0.4) is 0 Å². The van der Waals surface area contributed by atoms with E-state index in [2.05, 4.69) is 5.32 Å². The van der Waals surface area contributed by atoms with Gasteiger partial charge in [-0.15, -0.1) is 11.3 Å². The highest BCUT2D eigenvalue weighted by Crippen LogP contribution is 2.20. The lowest BCUT2D eigenvalue weighted by Gasteiger charge is -2.08. The second kappa shape index (κ2) is 4.00. The molecule has 14 heavy (non-hydrogen) atoms. The molecule has 0 radical (unpaired) electrons. The van der Waals surface area contributed by atoms with Gasteiger partial charge < -0.3 is 5.32 Å². The molecule has 0 bridgehead atoms. The first-order valence-electron chi connectivity index (χ1n) is 4.68. The SMILES string of the molecule is O=S(=O)(C[C@@H]1CCCN1)c1cccs1. The van der Waals surface area contributed by atoms with E-state index in [4.69, 9.17) is 0 Å². The van der Waals surface area contributed by atoms with Crippen LogP contribution in [0.2, 0.25) is 0 Å². The van der Waals surface area contributed by atoms with Gasteiger partial charge in [-0.05, 0) is 30.8 Å². The standard InChI is InChI=1S/C9H13NO2S2/c11-14(12,9-4-2-6-13-9)7-8-3-1-5-10-8/h2,4,6,8,10H,1,3,5,7H2/t8-/m0/s1. The van der Waals surface area contributed by atoms with E-state index in [-0.39, 0.29) is 11.8 Å². The molecule has 1 N–H and O–H groups in total. The number of hydrogen-bond donors (Lipinski definition) is 1. The fraction of sp³-hybridized carbons (Fsp3) is 0.556. The Kier molecular flexibility index (Phi) is 2.90. The number of rotatable bonds is 3. The maximum absolute atomic E-state index is 11.8. The molecule has 2 rings (SSSR count). The van der Waals surface area contributed by atoms with Crippen molar-refractivity contribution >= 4 is 21.2 Å². The summed E-state index contributed by atoms with van der Waals surface area (Å²) in [6.45, 7) is 0.949. The van der Waals surface area contributed by atoms with Crippen LogP contribution >= 0.6 is 11.3 Å². The summed E-state index contributed by atoms with van der Waals surface area (Å²) in [5.41, 5.74) is 0. The second-order valence-electron chi connectivity index (χ2n) is 3.51. The van der Waals surface area contributed by atoms with Gasteiger partial charge >= 0.3 is 0 Å². The summed E-state index contributed by atoms with van der Waals surface area (Å²) >= 11 is 1.30. The normalized spacial score (nSPS) is 22.7. The largest absolute Gasteiger partial charge is 0.313 e. The van der Waals surface area contributed by atoms with Crippen LogP contribution in [0.25, 0.3) is 0 Å². The summed E-state index contributed by atoms with van der Waals surface area (Å²) in [4.78, 5) is 0. The maximum Gasteiger partial charge on any atom is 0.189 e. The van der Waals surface area contributed by atoms with E-state index in [1.54, 1.807) is 17.5 Å². The molecule has 0 aromatic carbocycles. The van der Waals surface area contributed by atoms with Crippen molar-refractivity contribution in [3.05, 3.63) is 17.5 Å². The molecule has 0 amide bonds. The third kappa shape index (κ3) is 2.16. The average molecular weight is 231 g/mol. The van der Waals surface area contributed by atoms with E-state index in [1.165, 1.54) is 11.3 Å². The van der Waals surface area contributed by atoms with Crippen LogP contribution < -0.4 is 5.32 Å². The van der Waals surface area contributed by atoms with Crippen molar-refractivity contribution in [2.45, 2.75) is 23.1 Å². The molecule has 0 unspecified atom stereocenters. The van der Waals surface area contributed by atoms with Crippen LogP contribution in [0.1, 0.15) is 12.8 Å². The third-order valence-corrected chi connectivity index (χ3v) is 5.69. The Morgan fingerprint density at radius 1 is 1.57 bits per heavy atom. The molecule has 1 aromatic rings. The Bertz CT molecular complexity index is 377. The summed E-state index contributed by atoms with van der Waals surface area (Å²) in [6.07, 6.45) is 2.06. The molecular formula is C9H13NO2S2. The Labute approximate surface area is 88.1 Å². The summed E-state index contributed by atoms with van der Waals surface area (Å²) in [5, 5.41) is 5.00. The van der Waals surface area contributed by atoms with Crippen LogP contribution in [0.15, 0.2) is 21.7 Å². The molecule has 2 heterocycles. The van der Waals surface area contributed by atoms with Crippen LogP contribution in [0.4, 0.5) is 0 Å². The van der Waals surface area contributed by atoms with Gasteiger partial charge in [0.25, 0.3) is 0 Å². The minimum absolute atomic E-state index is 0.155. The van der Waals surface area contributed by atoms with E-state index in [0.29, 0.717) is 4.21 Å². The Morgan fingerprint density at radius 3 is 3.00 bits per heavy atom.